The van der Waals surface area contributed by atoms with Crippen LogP contribution >= 0.6 is 11.8 Å². The molecular weight excluding hydrogens is 377 g/mol. The number of aromatic nitrogens is 3. The fourth-order valence-electron chi connectivity index (χ4n) is 3.24. The summed E-state index contributed by atoms with van der Waals surface area (Å²) in [6.07, 6.45) is 0.821. The summed E-state index contributed by atoms with van der Waals surface area (Å²) in [5, 5.41) is 11.4. The average molecular weight is 397 g/mol. The van der Waals surface area contributed by atoms with Crippen molar-refractivity contribution in [3.05, 3.63) is 71.3 Å². The maximum atomic E-state index is 13.4. The summed E-state index contributed by atoms with van der Waals surface area (Å²) in [4.78, 5) is 13.2. The number of carbonyl (C=O) groups is 1. The second kappa shape index (κ2) is 7.63. The smallest absolute Gasteiger partial charge is 0.240 e. The highest BCUT2D eigenvalue weighted by atomic mass is 32.2. The second-order valence-corrected chi connectivity index (χ2v) is 7.67. The number of hydrogen-bond acceptors (Lipinski definition) is 5. The standard InChI is InChI=1S/C20H20FN5OS/c1-3-13-6-4-5-7-16(13)22-19(27)18-17(14-8-10-15(21)11-9-14)25-26-12(2)23-24-20(26)28-18/h4-11,17-18,25H,3H2,1-2H3,(H,22,27). The molecule has 0 spiro atoms. The topological polar surface area (TPSA) is 71.8 Å². The molecule has 6 nitrogen and oxygen atoms in total. The molecule has 0 saturated carbocycles. The van der Waals surface area contributed by atoms with Gasteiger partial charge in [-0.15, -0.1) is 10.2 Å². The van der Waals surface area contributed by atoms with Crippen LogP contribution in [0.2, 0.25) is 0 Å². The van der Waals surface area contributed by atoms with E-state index < -0.39 is 5.25 Å². The minimum atomic E-state index is -0.494. The van der Waals surface area contributed by atoms with Crippen molar-refractivity contribution in [3.8, 4) is 0 Å². The number of fused-ring (bicyclic) bond motifs is 1. The predicted molar refractivity (Wildman–Crippen MR) is 107 cm³/mol. The van der Waals surface area contributed by atoms with Gasteiger partial charge >= 0.3 is 0 Å². The van der Waals surface area contributed by atoms with Crippen LogP contribution < -0.4 is 10.7 Å². The number of nitrogens with zero attached hydrogens (tertiary/aromatic N) is 3. The Morgan fingerprint density at radius 3 is 2.71 bits per heavy atom. The van der Waals surface area contributed by atoms with E-state index in [2.05, 4.69) is 27.9 Å². The molecule has 1 amide bonds. The molecule has 3 aromatic rings. The molecule has 1 aliphatic rings. The number of anilines is 1. The quantitative estimate of drug-likeness (QED) is 0.703. The van der Waals surface area contributed by atoms with Crippen LogP contribution in [-0.4, -0.2) is 26.0 Å². The fraction of sp³-hybridized carbons (Fsp3) is 0.250. The zero-order chi connectivity index (χ0) is 19.7. The number of para-hydroxylation sites is 1. The molecule has 2 atom stereocenters. The monoisotopic (exact) mass is 397 g/mol. The van der Waals surface area contributed by atoms with Crippen molar-refractivity contribution in [2.45, 2.75) is 36.7 Å². The van der Waals surface area contributed by atoms with E-state index in [1.807, 2.05) is 31.2 Å². The molecule has 2 heterocycles. The SMILES string of the molecule is CCc1ccccc1NC(=O)C1Sc2nnc(C)n2NC1c1ccc(F)cc1. The van der Waals surface area contributed by atoms with E-state index in [-0.39, 0.29) is 17.8 Å². The van der Waals surface area contributed by atoms with Crippen LogP contribution in [0.25, 0.3) is 0 Å². The van der Waals surface area contributed by atoms with E-state index in [4.69, 9.17) is 0 Å². The molecule has 4 rings (SSSR count). The first-order chi connectivity index (χ1) is 13.6. The summed E-state index contributed by atoms with van der Waals surface area (Å²) >= 11 is 1.35. The van der Waals surface area contributed by atoms with Crippen LogP contribution in [0.4, 0.5) is 10.1 Å². The molecule has 28 heavy (non-hydrogen) atoms. The normalized spacial score (nSPS) is 18.2. The van der Waals surface area contributed by atoms with Gasteiger partial charge < -0.3 is 10.7 Å². The van der Waals surface area contributed by atoms with Crippen molar-refractivity contribution >= 4 is 23.4 Å². The zero-order valence-electron chi connectivity index (χ0n) is 15.5. The molecule has 2 aromatic carbocycles. The summed E-state index contributed by atoms with van der Waals surface area (Å²) < 4.78 is 15.2. The van der Waals surface area contributed by atoms with Gasteiger partial charge in [0.1, 0.15) is 16.9 Å². The van der Waals surface area contributed by atoms with Crippen molar-refractivity contribution in [1.82, 2.24) is 14.9 Å². The first-order valence-corrected chi connectivity index (χ1v) is 9.94. The molecule has 0 bridgehead atoms. The third-order valence-corrected chi connectivity index (χ3v) is 5.96. The van der Waals surface area contributed by atoms with Crippen LogP contribution in [0.5, 0.6) is 0 Å². The molecule has 2 N–H and O–H groups in total. The largest absolute Gasteiger partial charge is 0.325 e. The average Bonchev–Trinajstić information content (AvgIpc) is 3.08. The summed E-state index contributed by atoms with van der Waals surface area (Å²) in [5.41, 5.74) is 6.00. The van der Waals surface area contributed by atoms with E-state index in [9.17, 15) is 9.18 Å². The van der Waals surface area contributed by atoms with Gasteiger partial charge in [-0.2, -0.15) is 0 Å². The summed E-state index contributed by atoms with van der Waals surface area (Å²) in [7, 11) is 0. The van der Waals surface area contributed by atoms with Gasteiger partial charge in [0.15, 0.2) is 0 Å². The molecule has 2 unspecified atom stereocenters. The number of carbonyl (C=O) groups excluding carboxylic acids is 1. The number of aryl methyl sites for hydroxylation is 2. The Morgan fingerprint density at radius 2 is 1.96 bits per heavy atom. The molecule has 1 aromatic heterocycles. The Kier molecular flexibility index (Phi) is 5.04. The molecule has 1 aliphatic heterocycles. The summed E-state index contributed by atoms with van der Waals surface area (Å²) in [6, 6.07) is 13.6. The Balaban J connectivity index is 1.67. The Bertz CT molecular complexity index is 1000. The van der Waals surface area contributed by atoms with Crippen molar-refractivity contribution in [2.24, 2.45) is 0 Å². The Morgan fingerprint density at radius 1 is 1.21 bits per heavy atom. The van der Waals surface area contributed by atoms with Gasteiger partial charge in [0, 0.05) is 5.69 Å². The van der Waals surface area contributed by atoms with E-state index in [1.165, 1.54) is 23.9 Å². The third kappa shape index (κ3) is 3.47. The zero-order valence-corrected chi connectivity index (χ0v) is 16.3. The highest BCUT2D eigenvalue weighted by Gasteiger charge is 2.37. The van der Waals surface area contributed by atoms with Gasteiger partial charge in [0.25, 0.3) is 0 Å². The van der Waals surface area contributed by atoms with Crippen LogP contribution in [-0.2, 0) is 11.2 Å². The van der Waals surface area contributed by atoms with Crippen LogP contribution in [0, 0.1) is 12.7 Å². The molecule has 144 valence electrons. The van der Waals surface area contributed by atoms with Gasteiger partial charge in [-0.25, -0.2) is 9.07 Å². The lowest BCUT2D eigenvalue weighted by atomic mass is 10.0. The maximum absolute atomic E-state index is 13.4. The maximum Gasteiger partial charge on any atom is 0.240 e. The summed E-state index contributed by atoms with van der Waals surface area (Å²) in [6.45, 7) is 3.89. The van der Waals surface area contributed by atoms with E-state index >= 15 is 0 Å². The van der Waals surface area contributed by atoms with Crippen molar-refractivity contribution < 1.29 is 9.18 Å². The number of nitrogens with one attached hydrogen (secondary N) is 2. The van der Waals surface area contributed by atoms with Crippen LogP contribution in [0.3, 0.4) is 0 Å². The van der Waals surface area contributed by atoms with Crippen LogP contribution in [0.15, 0.2) is 53.7 Å². The van der Waals surface area contributed by atoms with Gasteiger partial charge in [-0.05, 0) is 42.7 Å². The molecule has 0 aliphatic carbocycles. The Labute approximate surface area is 166 Å². The second-order valence-electron chi connectivity index (χ2n) is 6.56. The van der Waals surface area contributed by atoms with E-state index in [0.29, 0.717) is 11.0 Å². The fourth-order valence-corrected chi connectivity index (χ4v) is 4.36. The number of thioether (sulfide) groups is 1. The number of rotatable bonds is 4. The lowest BCUT2D eigenvalue weighted by Gasteiger charge is -2.32. The van der Waals surface area contributed by atoms with E-state index in [0.717, 1.165) is 23.2 Å². The third-order valence-electron chi connectivity index (χ3n) is 4.74. The molecular formula is C20H20FN5OS. The van der Waals surface area contributed by atoms with Crippen molar-refractivity contribution in [3.63, 3.8) is 0 Å². The van der Waals surface area contributed by atoms with Gasteiger partial charge in [-0.3, -0.25) is 4.79 Å². The van der Waals surface area contributed by atoms with Crippen LogP contribution in [0.1, 0.15) is 29.9 Å². The molecule has 0 radical (unpaired) electrons. The number of halogens is 1. The number of hydrogen-bond donors (Lipinski definition) is 2. The van der Waals surface area contributed by atoms with Gasteiger partial charge in [0.05, 0.1) is 6.04 Å². The minimum absolute atomic E-state index is 0.139. The first-order valence-electron chi connectivity index (χ1n) is 9.06. The van der Waals surface area contributed by atoms with Gasteiger partial charge in [0.2, 0.25) is 11.1 Å². The van der Waals surface area contributed by atoms with Crippen molar-refractivity contribution in [1.29, 1.82) is 0 Å². The highest BCUT2D eigenvalue weighted by Crippen LogP contribution is 2.37. The van der Waals surface area contributed by atoms with Gasteiger partial charge in [-0.1, -0.05) is 49.0 Å². The minimum Gasteiger partial charge on any atom is -0.325 e. The predicted octanol–water partition coefficient (Wildman–Crippen LogP) is 3.69. The van der Waals surface area contributed by atoms with E-state index in [1.54, 1.807) is 16.8 Å². The number of benzene rings is 2. The highest BCUT2D eigenvalue weighted by molar-refractivity contribution is 8.00. The lowest BCUT2D eigenvalue weighted by molar-refractivity contribution is -0.116. The molecule has 0 saturated heterocycles. The molecule has 8 heteroatoms. The first kappa shape index (κ1) is 18.5. The lowest BCUT2D eigenvalue weighted by Crippen LogP contribution is -2.41. The van der Waals surface area contributed by atoms with Crippen molar-refractivity contribution in [2.75, 3.05) is 10.7 Å². The summed E-state index contributed by atoms with van der Waals surface area (Å²) in [5.74, 6) is 0.246. The molecule has 0 fully saturated rings. The number of amides is 1. The Hall–Kier alpha value is -2.87.